The third-order valence-corrected chi connectivity index (χ3v) is 4.14. The van der Waals surface area contributed by atoms with E-state index >= 15 is 0 Å². The fraction of sp³-hybridized carbons (Fsp3) is 0.294. The number of aromatic nitrogens is 2. The number of thioether (sulfide) groups is 1. The predicted octanol–water partition coefficient (Wildman–Crippen LogP) is 2.57. The summed E-state index contributed by atoms with van der Waals surface area (Å²) < 4.78 is 10.3. The molecule has 0 unspecified atom stereocenters. The Morgan fingerprint density at radius 1 is 1.00 bits per heavy atom. The minimum Gasteiger partial charge on any atom is -0.497 e. The average Bonchev–Trinajstić information content (AvgIpc) is 2.66. The standard InChI is InChI=1S/C17H20N4O4S/c1-4-15(22)19-14-5-6-17(21-20-14)26-10-16(23)18-11-7-12(24-2)9-13(8-11)25-3/h5-9H,4,10H2,1-3H3,(H,18,23)(H,19,20,22). The number of nitrogens with one attached hydrogen (secondary N) is 2. The summed E-state index contributed by atoms with van der Waals surface area (Å²) in [6, 6.07) is 8.48. The number of anilines is 2. The molecule has 2 rings (SSSR count). The Bertz CT molecular complexity index is 746. The number of carbonyl (C=O) groups is 2. The number of benzene rings is 1. The van der Waals surface area contributed by atoms with Gasteiger partial charge in [-0.3, -0.25) is 9.59 Å². The van der Waals surface area contributed by atoms with Gasteiger partial charge in [0.1, 0.15) is 16.5 Å². The van der Waals surface area contributed by atoms with Crippen molar-refractivity contribution in [3.05, 3.63) is 30.3 Å². The summed E-state index contributed by atoms with van der Waals surface area (Å²) in [6.07, 6.45) is 0.368. The molecule has 0 bridgehead atoms. The van der Waals surface area contributed by atoms with Crippen LogP contribution in [-0.2, 0) is 9.59 Å². The maximum Gasteiger partial charge on any atom is 0.234 e. The number of hydrogen-bond donors (Lipinski definition) is 2. The second-order valence-electron chi connectivity index (χ2n) is 5.10. The van der Waals surface area contributed by atoms with Gasteiger partial charge in [0.2, 0.25) is 11.8 Å². The van der Waals surface area contributed by atoms with Crippen LogP contribution in [0.5, 0.6) is 11.5 Å². The molecule has 2 aromatic rings. The fourth-order valence-corrected chi connectivity index (χ4v) is 2.53. The van der Waals surface area contributed by atoms with Gasteiger partial charge in [0.25, 0.3) is 0 Å². The molecule has 0 fully saturated rings. The van der Waals surface area contributed by atoms with Crippen LogP contribution in [-0.4, -0.2) is 42.0 Å². The lowest BCUT2D eigenvalue weighted by Gasteiger charge is -2.09. The van der Waals surface area contributed by atoms with Gasteiger partial charge in [-0.05, 0) is 12.1 Å². The molecule has 0 aliphatic carbocycles. The highest BCUT2D eigenvalue weighted by Crippen LogP contribution is 2.26. The van der Waals surface area contributed by atoms with Gasteiger partial charge in [0.05, 0.1) is 20.0 Å². The molecule has 0 saturated carbocycles. The lowest BCUT2D eigenvalue weighted by atomic mass is 10.2. The molecule has 2 amide bonds. The number of hydrogen-bond acceptors (Lipinski definition) is 7. The summed E-state index contributed by atoms with van der Waals surface area (Å²) in [5, 5.41) is 13.9. The quantitative estimate of drug-likeness (QED) is 0.683. The minimum atomic E-state index is -0.199. The minimum absolute atomic E-state index is 0.132. The van der Waals surface area contributed by atoms with Gasteiger partial charge in [0, 0.05) is 30.3 Å². The lowest BCUT2D eigenvalue weighted by Crippen LogP contribution is -2.14. The van der Waals surface area contributed by atoms with E-state index in [2.05, 4.69) is 20.8 Å². The molecule has 0 aliphatic heterocycles. The molecule has 0 saturated heterocycles. The van der Waals surface area contributed by atoms with Crippen LogP contribution in [0.25, 0.3) is 0 Å². The molecule has 0 atom stereocenters. The Kier molecular flexibility index (Phi) is 7.22. The maximum absolute atomic E-state index is 12.1. The smallest absolute Gasteiger partial charge is 0.234 e. The number of carbonyl (C=O) groups excluding carboxylic acids is 2. The van der Waals surface area contributed by atoms with Gasteiger partial charge in [0.15, 0.2) is 5.82 Å². The van der Waals surface area contributed by atoms with Crippen molar-refractivity contribution in [2.75, 3.05) is 30.6 Å². The number of rotatable bonds is 8. The average molecular weight is 376 g/mol. The van der Waals surface area contributed by atoms with Crippen molar-refractivity contribution in [2.24, 2.45) is 0 Å². The van der Waals surface area contributed by atoms with Crippen LogP contribution in [0.1, 0.15) is 13.3 Å². The monoisotopic (exact) mass is 376 g/mol. The van der Waals surface area contributed by atoms with Crippen LogP contribution in [0.4, 0.5) is 11.5 Å². The first-order valence-electron chi connectivity index (χ1n) is 7.83. The number of methoxy groups -OCH3 is 2. The van der Waals surface area contributed by atoms with Crippen molar-refractivity contribution in [3.63, 3.8) is 0 Å². The van der Waals surface area contributed by atoms with Crippen LogP contribution in [0, 0.1) is 0 Å². The molecule has 1 heterocycles. The van der Waals surface area contributed by atoms with Gasteiger partial charge in [-0.15, -0.1) is 10.2 Å². The Morgan fingerprint density at radius 3 is 2.23 bits per heavy atom. The third kappa shape index (κ3) is 5.92. The zero-order valence-electron chi connectivity index (χ0n) is 14.7. The number of nitrogens with zero attached hydrogens (tertiary/aromatic N) is 2. The predicted molar refractivity (Wildman–Crippen MR) is 99.9 cm³/mol. The molecule has 0 spiro atoms. The second kappa shape index (κ2) is 9.62. The van der Waals surface area contributed by atoms with Crippen molar-refractivity contribution in [1.82, 2.24) is 10.2 Å². The zero-order chi connectivity index (χ0) is 18.9. The van der Waals surface area contributed by atoms with Crippen molar-refractivity contribution in [1.29, 1.82) is 0 Å². The largest absolute Gasteiger partial charge is 0.497 e. The first kappa shape index (κ1) is 19.5. The number of ether oxygens (including phenoxy) is 2. The van der Waals surface area contributed by atoms with E-state index in [4.69, 9.17) is 9.47 Å². The van der Waals surface area contributed by atoms with E-state index in [1.165, 1.54) is 11.8 Å². The highest BCUT2D eigenvalue weighted by molar-refractivity contribution is 7.99. The van der Waals surface area contributed by atoms with Crippen LogP contribution in [0.2, 0.25) is 0 Å². The van der Waals surface area contributed by atoms with Crippen molar-refractivity contribution in [3.8, 4) is 11.5 Å². The van der Waals surface area contributed by atoms with E-state index in [-0.39, 0.29) is 17.6 Å². The second-order valence-corrected chi connectivity index (χ2v) is 6.09. The third-order valence-electron chi connectivity index (χ3n) is 3.22. The van der Waals surface area contributed by atoms with Gasteiger partial charge in [-0.25, -0.2) is 0 Å². The molecular formula is C17H20N4O4S. The Labute approximate surface area is 155 Å². The molecule has 1 aromatic carbocycles. The normalized spacial score (nSPS) is 10.1. The van der Waals surface area contributed by atoms with E-state index in [1.54, 1.807) is 51.5 Å². The lowest BCUT2D eigenvalue weighted by molar-refractivity contribution is -0.116. The Morgan fingerprint density at radius 2 is 1.69 bits per heavy atom. The Hall–Kier alpha value is -2.81. The first-order chi connectivity index (χ1) is 12.5. The summed E-state index contributed by atoms with van der Waals surface area (Å²) in [6.45, 7) is 1.75. The highest BCUT2D eigenvalue weighted by atomic mass is 32.2. The van der Waals surface area contributed by atoms with Crippen LogP contribution >= 0.6 is 11.8 Å². The fourth-order valence-electron chi connectivity index (χ4n) is 1.91. The van der Waals surface area contributed by atoms with Crippen molar-refractivity contribution in [2.45, 2.75) is 18.4 Å². The van der Waals surface area contributed by atoms with E-state index in [0.29, 0.717) is 34.5 Å². The van der Waals surface area contributed by atoms with Crippen LogP contribution in [0.3, 0.4) is 0 Å². The van der Waals surface area contributed by atoms with Gasteiger partial charge >= 0.3 is 0 Å². The van der Waals surface area contributed by atoms with Gasteiger partial charge < -0.3 is 20.1 Å². The number of amides is 2. The molecular weight excluding hydrogens is 356 g/mol. The first-order valence-corrected chi connectivity index (χ1v) is 8.82. The Balaban J connectivity index is 1.89. The van der Waals surface area contributed by atoms with Crippen molar-refractivity contribution >= 4 is 35.1 Å². The highest BCUT2D eigenvalue weighted by Gasteiger charge is 2.08. The van der Waals surface area contributed by atoms with Crippen LogP contribution < -0.4 is 20.1 Å². The topological polar surface area (TPSA) is 102 Å². The van der Waals surface area contributed by atoms with E-state index < -0.39 is 0 Å². The molecule has 9 heteroatoms. The summed E-state index contributed by atoms with van der Waals surface area (Å²) in [5.41, 5.74) is 0.579. The molecule has 1 aromatic heterocycles. The molecule has 26 heavy (non-hydrogen) atoms. The molecule has 0 radical (unpaired) electrons. The SMILES string of the molecule is CCC(=O)Nc1ccc(SCC(=O)Nc2cc(OC)cc(OC)c2)nn1. The van der Waals surface area contributed by atoms with Gasteiger partial charge in [-0.2, -0.15) is 0 Å². The van der Waals surface area contributed by atoms with Gasteiger partial charge in [-0.1, -0.05) is 18.7 Å². The molecule has 2 N–H and O–H groups in total. The maximum atomic E-state index is 12.1. The van der Waals surface area contributed by atoms with Crippen molar-refractivity contribution < 1.29 is 19.1 Å². The summed E-state index contributed by atoms with van der Waals surface area (Å²) in [7, 11) is 3.09. The van der Waals surface area contributed by atoms with Crippen LogP contribution in [0.15, 0.2) is 35.4 Å². The van der Waals surface area contributed by atoms with E-state index in [0.717, 1.165) is 0 Å². The summed E-state index contributed by atoms with van der Waals surface area (Å²) >= 11 is 1.24. The molecule has 8 nitrogen and oxygen atoms in total. The zero-order valence-corrected chi connectivity index (χ0v) is 15.6. The molecule has 0 aliphatic rings. The summed E-state index contributed by atoms with van der Waals surface area (Å²) in [4.78, 5) is 23.4. The summed E-state index contributed by atoms with van der Waals surface area (Å²) in [5.74, 6) is 1.39. The van der Waals surface area contributed by atoms with E-state index in [1.807, 2.05) is 0 Å². The van der Waals surface area contributed by atoms with E-state index in [9.17, 15) is 9.59 Å². The molecule has 138 valence electrons.